The number of rotatable bonds is 5. The maximum atomic E-state index is 10.1. The smallest absolute Gasteiger partial charge is 0.111 e. The average Bonchev–Trinajstić information content (AvgIpc) is 2.89. The molecule has 0 aliphatic heterocycles. The summed E-state index contributed by atoms with van der Waals surface area (Å²) in [7, 11) is 0. The second-order valence-electron chi connectivity index (χ2n) is 3.89. The van der Waals surface area contributed by atoms with Crippen LogP contribution < -0.4 is 0 Å². The topological polar surface area (TPSA) is 38.0 Å². The highest BCUT2D eigenvalue weighted by Gasteiger charge is 2.16. The number of hydrogen-bond acceptors (Lipinski definition) is 3. The Kier molecular flexibility index (Phi) is 4.20. The molecule has 92 valence electrons. The monoisotopic (exact) mass is 270 g/mol. The Hall–Kier alpha value is -0.840. The molecule has 2 aromatic heterocycles. The fraction of sp³-hybridized carbons (Fsp3) is 0.417. The van der Waals surface area contributed by atoms with Gasteiger partial charge < -0.3 is 9.67 Å². The molecule has 5 heteroatoms. The first-order valence-electron chi connectivity index (χ1n) is 5.63. The molecule has 0 fully saturated rings. The average molecular weight is 271 g/mol. The molecule has 1 atom stereocenters. The Balaban J connectivity index is 2.10. The third-order valence-electron chi connectivity index (χ3n) is 2.59. The number of aromatic nitrogens is 2. The number of nitrogens with zero attached hydrogens (tertiary/aromatic N) is 2. The Labute approximate surface area is 110 Å². The van der Waals surface area contributed by atoms with Crippen LogP contribution in [-0.2, 0) is 13.0 Å². The van der Waals surface area contributed by atoms with Gasteiger partial charge in [0.1, 0.15) is 5.82 Å². The zero-order chi connectivity index (χ0) is 12.3. The zero-order valence-electron chi connectivity index (χ0n) is 9.64. The largest absolute Gasteiger partial charge is 0.387 e. The molecule has 2 heterocycles. The predicted octanol–water partition coefficient (Wildman–Crippen LogP) is 3.28. The van der Waals surface area contributed by atoms with E-state index >= 15 is 0 Å². The molecule has 0 amide bonds. The number of thiophene rings is 1. The molecule has 2 aromatic rings. The standard InChI is InChI=1S/C12H15ClN2OS/c1-2-5-15-6-4-14-11(15)8-10(16)12-9(13)3-7-17-12/h3-4,6-7,10,16H,2,5,8H2,1H3. The van der Waals surface area contributed by atoms with E-state index in [0.717, 1.165) is 23.7 Å². The highest BCUT2D eigenvalue weighted by Crippen LogP contribution is 2.30. The summed E-state index contributed by atoms with van der Waals surface area (Å²) < 4.78 is 2.07. The van der Waals surface area contributed by atoms with E-state index in [1.807, 2.05) is 17.6 Å². The predicted molar refractivity (Wildman–Crippen MR) is 70.5 cm³/mol. The summed E-state index contributed by atoms with van der Waals surface area (Å²) in [4.78, 5) is 5.10. The van der Waals surface area contributed by atoms with Crippen molar-refractivity contribution in [3.05, 3.63) is 39.6 Å². The van der Waals surface area contributed by atoms with Gasteiger partial charge in [-0.15, -0.1) is 11.3 Å². The highest BCUT2D eigenvalue weighted by atomic mass is 35.5. The van der Waals surface area contributed by atoms with Gasteiger partial charge in [0.05, 0.1) is 16.0 Å². The minimum Gasteiger partial charge on any atom is -0.387 e. The quantitative estimate of drug-likeness (QED) is 0.905. The van der Waals surface area contributed by atoms with E-state index in [1.54, 1.807) is 6.20 Å². The van der Waals surface area contributed by atoms with Crippen molar-refractivity contribution in [2.75, 3.05) is 0 Å². The molecule has 0 saturated carbocycles. The lowest BCUT2D eigenvalue weighted by molar-refractivity contribution is 0.178. The third kappa shape index (κ3) is 2.89. The summed E-state index contributed by atoms with van der Waals surface area (Å²) in [5, 5.41) is 12.7. The van der Waals surface area contributed by atoms with Crippen molar-refractivity contribution < 1.29 is 5.11 Å². The van der Waals surface area contributed by atoms with Crippen molar-refractivity contribution >= 4 is 22.9 Å². The second kappa shape index (κ2) is 5.67. The molecule has 0 aromatic carbocycles. The van der Waals surface area contributed by atoms with Crippen molar-refractivity contribution in [3.8, 4) is 0 Å². The van der Waals surface area contributed by atoms with E-state index in [1.165, 1.54) is 11.3 Å². The SMILES string of the molecule is CCCn1ccnc1CC(O)c1sccc1Cl. The van der Waals surface area contributed by atoms with Crippen molar-refractivity contribution in [1.29, 1.82) is 0 Å². The lowest BCUT2D eigenvalue weighted by Gasteiger charge is -2.11. The second-order valence-corrected chi connectivity index (χ2v) is 5.24. The lowest BCUT2D eigenvalue weighted by Crippen LogP contribution is -2.08. The zero-order valence-corrected chi connectivity index (χ0v) is 11.2. The summed E-state index contributed by atoms with van der Waals surface area (Å²) >= 11 is 7.48. The Morgan fingerprint density at radius 3 is 3.06 bits per heavy atom. The summed E-state index contributed by atoms with van der Waals surface area (Å²) in [5.74, 6) is 0.906. The number of imidazole rings is 1. The molecule has 0 saturated heterocycles. The highest BCUT2D eigenvalue weighted by molar-refractivity contribution is 7.10. The van der Waals surface area contributed by atoms with Gasteiger partial charge in [-0.05, 0) is 17.9 Å². The molecule has 1 unspecified atom stereocenters. The van der Waals surface area contributed by atoms with Crippen molar-refractivity contribution in [1.82, 2.24) is 9.55 Å². The van der Waals surface area contributed by atoms with E-state index in [2.05, 4.69) is 16.5 Å². The third-order valence-corrected chi connectivity index (χ3v) is 4.05. The minimum absolute atomic E-state index is 0.507. The maximum Gasteiger partial charge on any atom is 0.111 e. The van der Waals surface area contributed by atoms with E-state index in [-0.39, 0.29) is 0 Å². The molecule has 0 radical (unpaired) electrons. The number of aryl methyl sites for hydroxylation is 1. The van der Waals surface area contributed by atoms with Crippen LogP contribution in [0.15, 0.2) is 23.8 Å². The number of hydrogen-bond donors (Lipinski definition) is 1. The van der Waals surface area contributed by atoms with Gasteiger partial charge in [0.25, 0.3) is 0 Å². The molecule has 0 bridgehead atoms. The van der Waals surface area contributed by atoms with Crippen LogP contribution in [0.25, 0.3) is 0 Å². The molecular formula is C12H15ClN2OS. The van der Waals surface area contributed by atoms with Crippen LogP contribution in [0.3, 0.4) is 0 Å². The maximum absolute atomic E-state index is 10.1. The van der Waals surface area contributed by atoms with Gasteiger partial charge in [0.2, 0.25) is 0 Å². The fourth-order valence-electron chi connectivity index (χ4n) is 1.78. The lowest BCUT2D eigenvalue weighted by atomic mass is 10.2. The molecule has 17 heavy (non-hydrogen) atoms. The Bertz CT molecular complexity index is 480. The van der Waals surface area contributed by atoms with Crippen LogP contribution in [0.2, 0.25) is 5.02 Å². The van der Waals surface area contributed by atoms with Gasteiger partial charge in [0, 0.05) is 25.4 Å². The van der Waals surface area contributed by atoms with Gasteiger partial charge >= 0.3 is 0 Å². The summed E-state index contributed by atoms with van der Waals surface area (Å²) in [6, 6.07) is 1.81. The molecule has 1 N–H and O–H groups in total. The van der Waals surface area contributed by atoms with Gasteiger partial charge in [-0.1, -0.05) is 18.5 Å². The first-order valence-corrected chi connectivity index (χ1v) is 6.89. The minimum atomic E-state index is -0.569. The number of halogens is 1. The van der Waals surface area contributed by atoms with E-state index in [0.29, 0.717) is 11.4 Å². The Morgan fingerprint density at radius 2 is 2.41 bits per heavy atom. The van der Waals surface area contributed by atoms with Gasteiger partial charge in [-0.3, -0.25) is 0 Å². The molecular weight excluding hydrogens is 256 g/mol. The summed E-state index contributed by atoms with van der Waals surface area (Å²) in [6.45, 7) is 3.05. The van der Waals surface area contributed by atoms with Gasteiger partial charge in [-0.25, -0.2) is 4.98 Å². The normalized spacial score (nSPS) is 12.9. The molecule has 0 aliphatic rings. The van der Waals surface area contributed by atoms with Crippen LogP contribution in [0, 0.1) is 0 Å². The van der Waals surface area contributed by atoms with E-state index < -0.39 is 6.10 Å². The molecule has 2 rings (SSSR count). The van der Waals surface area contributed by atoms with E-state index in [4.69, 9.17) is 11.6 Å². The number of aliphatic hydroxyl groups excluding tert-OH is 1. The Morgan fingerprint density at radius 1 is 1.59 bits per heavy atom. The molecule has 0 spiro atoms. The van der Waals surface area contributed by atoms with Crippen LogP contribution in [0.4, 0.5) is 0 Å². The first kappa shape index (κ1) is 12.6. The van der Waals surface area contributed by atoms with Gasteiger partial charge in [0.15, 0.2) is 0 Å². The van der Waals surface area contributed by atoms with Crippen molar-refractivity contribution in [2.45, 2.75) is 32.4 Å². The van der Waals surface area contributed by atoms with Crippen LogP contribution in [-0.4, -0.2) is 14.7 Å². The number of aliphatic hydroxyl groups is 1. The van der Waals surface area contributed by atoms with Gasteiger partial charge in [-0.2, -0.15) is 0 Å². The molecule has 3 nitrogen and oxygen atoms in total. The van der Waals surface area contributed by atoms with Crippen LogP contribution >= 0.6 is 22.9 Å². The summed E-state index contributed by atoms with van der Waals surface area (Å²) in [5.41, 5.74) is 0. The first-order chi connectivity index (χ1) is 8.22. The fourth-order valence-corrected chi connectivity index (χ4v) is 2.95. The summed E-state index contributed by atoms with van der Waals surface area (Å²) in [6.07, 6.45) is 4.71. The van der Waals surface area contributed by atoms with Crippen LogP contribution in [0.5, 0.6) is 0 Å². The van der Waals surface area contributed by atoms with E-state index in [9.17, 15) is 5.11 Å². The van der Waals surface area contributed by atoms with Crippen LogP contribution in [0.1, 0.15) is 30.2 Å². The molecule has 0 aliphatic carbocycles. The van der Waals surface area contributed by atoms with Crippen molar-refractivity contribution in [2.24, 2.45) is 0 Å². The van der Waals surface area contributed by atoms with Crippen molar-refractivity contribution in [3.63, 3.8) is 0 Å².